The second-order valence-electron chi connectivity index (χ2n) is 6.38. The maximum Gasteiger partial charge on any atom is 0.0701 e. The first-order valence-corrected chi connectivity index (χ1v) is 8.72. The van der Waals surface area contributed by atoms with Crippen LogP contribution in [0.25, 0.3) is 0 Å². The van der Waals surface area contributed by atoms with Crippen LogP contribution in [-0.2, 0) is 6.54 Å². The monoisotopic (exact) mass is 344 g/mol. The molecule has 3 N–H and O–H groups in total. The fourth-order valence-electron chi connectivity index (χ4n) is 3.12. The quantitative estimate of drug-likeness (QED) is 0.866. The average Bonchev–Trinajstić information content (AvgIpc) is 2.76. The van der Waals surface area contributed by atoms with Crippen LogP contribution in [0.2, 0.25) is 0 Å². The van der Waals surface area contributed by atoms with E-state index in [-0.39, 0.29) is 0 Å². The number of halogens is 1. The summed E-state index contributed by atoms with van der Waals surface area (Å²) in [5, 5.41) is 3.62. The lowest BCUT2D eigenvalue weighted by atomic mass is 9.61. The van der Waals surface area contributed by atoms with Crippen molar-refractivity contribution in [2.45, 2.75) is 46.2 Å². The van der Waals surface area contributed by atoms with Gasteiger partial charge in [0.05, 0.1) is 3.79 Å². The first kappa shape index (κ1) is 15.5. The fraction of sp³-hybridized carbons (Fsp3) is 0.733. The first-order chi connectivity index (χ1) is 8.91. The van der Waals surface area contributed by atoms with E-state index in [2.05, 4.69) is 54.2 Å². The highest BCUT2D eigenvalue weighted by Crippen LogP contribution is 2.43. The van der Waals surface area contributed by atoms with E-state index in [0.29, 0.717) is 17.4 Å². The molecule has 0 amide bonds. The van der Waals surface area contributed by atoms with Gasteiger partial charge in [0, 0.05) is 17.5 Å². The van der Waals surface area contributed by atoms with Crippen LogP contribution in [0.4, 0.5) is 0 Å². The number of hydrogen-bond donors (Lipinski definition) is 2. The highest BCUT2D eigenvalue weighted by atomic mass is 79.9. The molecule has 3 unspecified atom stereocenters. The standard InChI is InChI=1S/C15H25BrN2S/c1-10-13(17)6-4-11(15(10,2)3)8-18-9-12-5-7-14(16)19-12/h5,7,10-11,13,18H,4,6,8-9,17H2,1-3H3. The summed E-state index contributed by atoms with van der Waals surface area (Å²) in [6.45, 7) is 9.14. The zero-order valence-electron chi connectivity index (χ0n) is 12.1. The second kappa shape index (κ2) is 6.25. The van der Waals surface area contributed by atoms with Gasteiger partial charge >= 0.3 is 0 Å². The number of hydrogen-bond acceptors (Lipinski definition) is 3. The molecule has 1 aromatic rings. The van der Waals surface area contributed by atoms with E-state index in [1.807, 2.05) is 11.3 Å². The topological polar surface area (TPSA) is 38.0 Å². The smallest absolute Gasteiger partial charge is 0.0701 e. The van der Waals surface area contributed by atoms with E-state index in [4.69, 9.17) is 5.73 Å². The lowest BCUT2D eigenvalue weighted by Crippen LogP contribution is -2.49. The fourth-order valence-corrected chi connectivity index (χ4v) is 4.57. The summed E-state index contributed by atoms with van der Waals surface area (Å²) in [7, 11) is 0. The van der Waals surface area contributed by atoms with Gasteiger partial charge in [-0.15, -0.1) is 11.3 Å². The molecule has 1 aliphatic rings. The Kier molecular flexibility index (Phi) is 5.09. The number of nitrogens with one attached hydrogen (secondary N) is 1. The van der Waals surface area contributed by atoms with E-state index >= 15 is 0 Å². The molecule has 19 heavy (non-hydrogen) atoms. The van der Waals surface area contributed by atoms with Gasteiger partial charge in [0.2, 0.25) is 0 Å². The van der Waals surface area contributed by atoms with E-state index in [0.717, 1.165) is 19.0 Å². The summed E-state index contributed by atoms with van der Waals surface area (Å²) in [6, 6.07) is 4.68. The molecule has 1 aliphatic carbocycles. The van der Waals surface area contributed by atoms with Crippen molar-refractivity contribution in [1.82, 2.24) is 5.32 Å². The molecule has 4 heteroatoms. The normalized spacial score (nSPS) is 30.5. The molecule has 0 saturated heterocycles. The largest absolute Gasteiger partial charge is 0.327 e. The molecule has 2 nitrogen and oxygen atoms in total. The van der Waals surface area contributed by atoms with Gasteiger partial charge in [0.15, 0.2) is 0 Å². The summed E-state index contributed by atoms with van der Waals surface area (Å²) in [4.78, 5) is 1.39. The van der Waals surface area contributed by atoms with Gasteiger partial charge in [-0.25, -0.2) is 0 Å². The van der Waals surface area contributed by atoms with Gasteiger partial charge in [0.25, 0.3) is 0 Å². The third-order valence-corrected chi connectivity index (χ3v) is 6.66. The third kappa shape index (κ3) is 3.60. The molecule has 1 saturated carbocycles. The average molecular weight is 345 g/mol. The Hall–Kier alpha value is 0.1000. The zero-order chi connectivity index (χ0) is 14.0. The van der Waals surface area contributed by atoms with Crippen LogP contribution in [-0.4, -0.2) is 12.6 Å². The van der Waals surface area contributed by atoms with Crippen LogP contribution in [0, 0.1) is 17.3 Å². The lowest BCUT2D eigenvalue weighted by molar-refractivity contribution is 0.0539. The predicted molar refractivity (Wildman–Crippen MR) is 87.4 cm³/mol. The number of rotatable bonds is 4. The molecule has 1 fully saturated rings. The van der Waals surface area contributed by atoms with Gasteiger partial charge in [-0.05, 0) is 64.7 Å². The van der Waals surface area contributed by atoms with Crippen LogP contribution < -0.4 is 11.1 Å². The Morgan fingerprint density at radius 3 is 2.79 bits per heavy atom. The maximum absolute atomic E-state index is 6.21. The summed E-state index contributed by atoms with van der Waals surface area (Å²) in [5.41, 5.74) is 6.55. The Morgan fingerprint density at radius 2 is 2.16 bits per heavy atom. The molecule has 0 radical (unpaired) electrons. The van der Waals surface area contributed by atoms with Crippen molar-refractivity contribution in [2.75, 3.05) is 6.54 Å². The van der Waals surface area contributed by atoms with Crippen molar-refractivity contribution in [1.29, 1.82) is 0 Å². The van der Waals surface area contributed by atoms with E-state index < -0.39 is 0 Å². The van der Waals surface area contributed by atoms with Crippen LogP contribution in [0.1, 0.15) is 38.5 Å². The van der Waals surface area contributed by atoms with Gasteiger partial charge in [-0.1, -0.05) is 20.8 Å². The van der Waals surface area contributed by atoms with E-state index in [1.54, 1.807) is 0 Å². The van der Waals surface area contributed by atoms with Gasteiger partial charge in [0.1, 0.15) is 0 Å². The Morgan fingerprint density at radius 1 is 1.42 bits per heavy atom. The van der Waals surface area contributed by atoms with Crippen molar-refractivity contribution >= 4 is 27.3 Å². The summed E-state index contributed by atoms with van der Waals surface area (Å²) in [5.74, 6) is 1.33. The molecular formula is C15H25BrN2S. The molecule has 1 heterocycles. The SMILES string of the molecule is CC1C(N)CCC(CNCc2ccc(Br)s2)C1(C)C. The van der Waals surface area contributed by atoms with Gasteiger partial charge < -0.3 is 11.1 Å². The third-order valence-electron chi connectivity index (χ3n) is 5.04. The van der Waals surface area contributed by atoms with Crippen LogP contribution >= 0.6 is 27.3 Å². The van der Waals surface area contributed by atoms with Crippen molar-refractivity contribution in [2.24, 2.45) is 23.0 Å². The summed E-state index contributed by atoms with van der Waals surface area (Å²) in [6.07, 6.45) is 2.42. The van der Waals surface area contributed by atoms with Crippen LogP contribution in [0.15, 0.2) is 15.9 Å². The molecule has 3 atom stereocenters. The zero-order valence-corrected chi connectivity index (χ0v) is 14.5. The van der Waals surface area contributed by atoms with Crippen LogP contribution in [0.5, 0.6) is 0 Å². The Balaban J connectivity index is 1.85. The van der Waals surface area contributed by atoms with Gasteiger partial charge in [-0.2, -0.15) is 0 Å². The molecule has 2 rings (SSSR count). The molecule has 1 aromatic heterocycles. The van der Waals surface area contributed by atoms with Crippen molar-refractivity contribution in [3.63, 3.8) is 0 Å². The minimum absolute atomic E-state index is 0.334. The van der Waals surface area contributed by atoms with E-state index in [1.165, 1.54) is 21.5 Å². The van der Waals surface area contributed by atoms with Crippen LogP contribution in [0.3, 0.4) is 0 Å². The number of nitrogens with two attached hydrogens (primary N) is 1. The lowest BCUT2D eigenvalue weighted by Gasteiger charge is -2.47. The minimum Gasteiger partial charge on any atom is -0.327 e. The first-order valence-electron chi connectivity index (χ1n) is 7.11. The van der Waals surface area contributed by atoms with Crippen molar-refractivity contribution in [3.05, 3.63) is 20.8 Å². The molecule has 108 valence electrons. The van der Waals surface area contributed by atoms with E-state index in [9.17, 15) is 0 Å². The Labute approximate surface area is 129 Å². The molecule has 0 aliphatic heterocycles. The summed E-state index contributed by atoms with van der Waals surface area (Å²) >= 11 is 5.32. The maximum atomic E-state index is 6.21. The van der Waals surface area contributed by atoms with Gasteiger partial charge in [-0.3, -0.25) is 0 Å². The molecular weight excluding hydrogens is 320 g/mol. The molecule has 0 spiro atoms. The summed E-state index contributed by atoms with van der Waals surface area (Å²) < 4.78 is 1.21. The number of thiophene rings is 1. The van der Waals surface area contributed by atoms with Crippen molar-refractivity contribution in [3.8, 4) is 0 Å². The van der Waals surface area contributed by atoms with Crippen molar-refractivity contribution < 1.29 is 0 Å². The highest BCUT2D eigenvalue weighted by Gasteiger charge is 2.41. The minimum atomic E-state index is 0.334. The Bertz CT molecular complexity index is 416. The second-order valence-corrected chi connectivity index (χ2v) is 8.93. The molecule has 0 bridgehead atoms. The highest BCUT2D eigenvalue weighted by molar-refractivity contribution is 9.11. The predicted octanol–water partition coefficient (Wildman–Crippen LogP) is 4.00. The molecule has 0 aromatic carbocycles.